The molecule has 5 heterocycles. The Morgan fingerprint density at radius 2 is 1.73 bits per heavy atom. The predicted molar refractivity (Wildman–Crippen MR) is 111 cm³/mol. The first-order valence-electron chi connectivity index (χ1n) is 11.0. The number of nitrogens with zero attached hydrogens (tertiary/aromatic N) is 6. The summed E-state index contributed by atoms with van der Waals surface area (Å²) in [4.78, 5) is 16.2. The molecule has 1 aliphatic carbocycles. The van der Waals surface area contributed by atoms with E-state index in [-0.39, 0.29) is 5.60 Å². The molecule has 3 aromatic rings. The van der Waals surface area contributed by atoms with Gasteiger partial charge in [0.25, 0.3) is 0 Å². The fourth-order valence-electron chi connectivity index (χ4n) is 5.06. The van der Waals surface area contributed by atoms with Crippen molar-refractivity contribution < 1.29 is 9.47 Å². The molecule has 3 aliphatic rings. The fraction of sp³-hybridized carbons (Fsp3) is 0.545. The summed E-state index contributed by atoms with van der Waals surface area (Å²) in [6.07, 6.45) is 10.4. The largest absolute Gasteiger partial charge is 0.378 e. The first-order chi connectivity index (χ1) is 14.8. The molecule has 6 rings (SSSR count). The third kappa shape index (κ3) is 2.97. The molecule has 2 fully saturated rings. The molecule has 156 valence electrons. The van der Waals surface area contributed by atoms with Crippen LogP contribution in [0.2, 0.25) is 0 Å². The number of hydrogen-bond acceptors (Lipinski definition) is 7. The summed E-state index contributed by atoms with van der Waals surface area (Å²) >= 11 is 0. The Morgan fingerprint density at radius 3 is 2.53 bits per heavy atom. The first kappa shape index (κ1) is 18.2. The van der Waals surface area contributed by atoms with E-state index in [1.54, 1.807) is 0 Å². The van der Waals surface area contributed by atoms with E-state index in [9.17, 15) is 0 Å². The number of ether oxygens (including phenoxy) is 2. The van der Waals surface area contributed by atoms with Gasteiger partial charge in [-0.3, -0.25) is 0 Å². The maximum Gasteiger partial charge on any atom is 0.225 e. The van der Waals surface area contributed by atoms with Crippen molar-refractivity contribution in [1.82, 2.24) is 24.6 Å². The molecule has 8 nitrogen and oxygen atoms in total. The summed E-state index contributed by atoms with van der Waals surface area (Å²) in [6, 6.07) is 4.06. The van der Waals surface area contributed by atoms with Crippen LogP contribution in [0.4, 0.5) is 5.95 Å². The average Bonchev–Trinajstić information content (AvgIpc) is 3.20. The monoisotopic (exact) mass is 406 g/mol. The minimum absolute atomic E-state index is 0.229. The third-order valence-electron chi connectivity index (χ3n) is 6.59. The Balaban J connectivity index is 1.38. The highest BCUT2D eigenvalue weighted by Gasteiger charge is 2.42. The zero-order valence-corrected chi connectivity index (χ0v) is 17.1. The molecule has 1 saturated carbocycles. The van der Waals surface area contributed by atoms with Crippen molar-refractivity contribution >= 4 is 11.6 Å². The number of aromatic nitrogens is 5. The third-order valence-corrected chi connectivity index (χ3v) is 6.59. The zero-order valence-electron chi connectivity index (χ0n) is 17.1. The summed E-state index contributed by atoms with van der Waals surface area (Å²) in [7, 11) is 0. The number of imidazole rings is 1. The molecule has 30 heavy (non-hydrogen) atoms. The molecule has 0 atom stereocenters. The van der Waals surface area contributed by atoms with E-state index >= 15 is 0 Å². The highest BCUT2D eigenvalue weighted by atomic mass is 16.5. The number of hydrogen-bond donors (Lipinski definition) is 0. The topological polar surface area (TPSA) is 77.7 Å². The standard InChI is InChI=1S/C22H26N6O2/c1-2-7-22(8-3-1)20-18(6-11-30-22)25-19-5-4-17(26-28(19)20)16-14-23-21(24-15-16)27-9-12-29-13-10-27/h4-5,14-15H,1-3,6-13H2. The lowest BCUT2D eigenvalue weighted by molar-refractivity contribution is -0.0893. The van der Waals surface area contributed by atoms with Crippen molar-refractivity contribution in [2.24, 2.45) is 0 Å². The second-order valence-electron chi connectivity index (χ2n) is 8.42. The molecule has 0 bridgehead atoms. The second kappa shape index (κ2) is 7.28. The van der Waals surface area contributed by atoms with E-state index in [0.717, 1.165) is 86.4 Å². The van der Waals surface area contributed by atoms with Gasteiger partial charge in [0.2, 0.25) is 5.95 Å². The zero-order chi connectivity index (χ0) is 20.0. The molecule has 0 aromatic carbocycles. The molecule has 0 radical (unpaired) electrons. The van der Waals surface area contributed by atoms with Gasteiger partial charge in [-0.25, -0.2) is 19.5 Å². The molecule has 2 aliphatic heterocycles. The molecule has 0 amide bonds. The maximum atomic E-state index is 6.39. The molecule has 8 heteroatoms. The summed E-state index contributed by atoms with van der Waals surface area (Å²) < 4.78 is 13.8. The van der Waals surface area contributed by atoms with Crippen LogP contribution >= 0.6 is 0 Å². The van der Waals surface area contributed by atoms with Gasteiger partial charge in [0, 0.05) is 37.5 Å². The lowest BCUT2D eigenvalue weighted by atomic mass is 9.80. The Hall–Kier alpha value is -2.58. The molecule has 1 saturated heterocycles. The maximum absolute atomic E-state index is 6.39. The number of fused-ring (bicyclic) bond motifs is 4. The second-order valence-corrected chi connectivity index (χ2v) is 8.42. The number of rotatable bonds is 2. The van der Waals surface area contributed by atoms with Gasteiger partial charge in [-0.05, 0) is 25.0 Å². The van der Waals surface area contributed by atoms with E-state index in [1.807, 2.05) is 29.0 Å². The van der Waals surface area contributed by atoms with Gasteiger partial charge in [-0.2, -0.15) is 5.10 Å². The molecule has 1 spiro atoms. The Labute approximate surface area is 175 Å². The molecular formula is C22H26N6O2. The minimum atomic E-state index is -0.229. The van der Waals surface area contributed by atoms with E-state index in [2.05, 4.69) is 14.9 Å². The van der Waals surface area contributed by atoms with Crippen molar-refractivity contribution in [1.29, 1.82) is 0 Å². The summed E-state index contributed by atoms with van der Waals surface area (Å²) in [5.41, 5.74) is 4.74. The van der Waals surface area contributed by atoms with Gasteiger partial charge in [-0.15, -0.1) is 0 Å². The fourth-order valence-corrected chi connectivity index (χ4v) is 5.06. The van der Waals surface area contributed by atoms with E-state index < -0.39 is 0 Å². The van der Waals surface area contributed by atoms with Crippen molar-refractivity contribution in [2.75, 3.05) is 37.8 Å². The van der Waals surface area contributed by atoms with Crippen molar-refractivity contribution in [3.05, 3.63) is 35.9 Å². The van der Waals surface area contributed by atoms with Crippen molar-refractivity contribution in [3.8, 4) is 11.3 Å². The summed E-state index contributed by atoms with van der Waals surface area (Å²) in [5.74, 6) is 0.748. The lowest BCUT2D eigenvalue weighted by Gasteiger charge is -2.39. The van der Waals surface area contributed by atoms with Crippen LogP contribution < -0.4 is 4.90 Å². The van der Waals surface area contributed by atoms with E-state index in [4.69, 9.17) is 19.6 Å². The normalized spacial score (nSPS) is 21.1. The summed E-state index contributed by atoms with van der Waals surface area (Å²) in [5, 5.41) is 4.97. The number of morpholine rings is 1. The van der Waals surface area contributed by atoms with Crippen LogP contribution in [0.25, 0.3) is 16.9 Å². The van der Waals surface area contributed by atoms with E-state index in [1.165, 1.54) is 19.3 Å². The Morgan fingerprint density at radius 1 is 0.933 bits per heavy atom. The van der Waals surface area contributed by atoms with Gasteiger partial charge in [-0.1, -0.05) is 19.3 Å². The molecule has 0 N–H and O–H groups in total. The van der Waals surface area contributed by atoms with Crippen LogP contribution in [0.1, 0.15) is 43.5 Å². The molecule has 3 aromatic heterocycles. The van der Waals surface area contributed by atoms with E-state index in [0.29, 0.717) is 0 Å². The SMILES string of the molecule is c1nc(N2CCOCC2)ncc1-c1ccc2nc3c(n2n1)C1(CCCCC1)OCC3. The van der Waals surface area contributed by atoms with Crippen LogP contribution in [-0.2, 0) is 21.5 Å². The minimum Gasteiger partial charge on any atom is -0.378 e. The van der Waals surface area contributed by atoms with Crippen LogP contribution in [0, 0.1) is 0 Å². The van der Waals surface area contributed by atoms with Gasteiger partial charge >= 0.3 is 0 Å². The van der Waals surface area contributed by atoms with Gasteiger partial charge < -0.3 is 14.4 Å². The quantitative estimate of drug-likeness (QED) is 0.648. The average molecular weight is 406 g/mol. The molecular weight excluding hydrogens is 380 g/mol. The summed E-state index contributed by atoms with van der Waals surface area (Å²) in [6.45, 7) is 3.85. The van der Waals surface area contributed by atoms with Crippen molar-refractivity contribution in [3.63, 3.8) is 0 Å². The highest BCUT2D eigenvalue weighted by molar-refractivity contribution is 5.60. The molecule has 0 unspecified atom stereocenters. The highest BCUT2D eigenvalue weighted by Crippen LogP contribution is 2.44. The Kier molecular flexibility index (Phi) is 4.42. The number of anilines is 1. The van der Waals surface area contributed by atoms with Crippen LogP contribution in [0.3, 0.4) is 0 Å². The Bertz CT molecular complexity index is 1050. The van der Waals surface area contributed by atoms with Crippen LogP contribution in [-0.4, -0.2) is 57.5 Å². The predicted octanol–water partition coefficient (Wildman–Crippen LogP) is 2.76. The van der Waals surface area contributed by atoms with Crippen LogP contribution in [0.15, 0.2) is 24.5 Å². The van der Waals surface area contributed by atoms with Gasteiger partial charge in [0.15, 0.2) is 5.65 Å². The van der Waals surface area contributed by atoms with Gasteiger partial charge in [0.05, 0.1) is 36.9 Å². The first-order valence-corrected chi connectivity index (χ1v) is 11.0. The van der Waals surface area contributed by atoms with Crippen molar-refractivity contribution in [2.45, 2.75) is 44.1 Å². The van der Waals surface area contributed by atoms with Crippen LogP contribution in [0.5, 0.6) is 0 Å². The van der Waals surface area contributed by atoms with Gasteiger partial charge in [0.1, 0.15) is 5.60 Å². The smallest absolute Gasteiger partial charge is 0.225 e. The lowest BCUT2D eigenvalue weighted by Crippen LogP contribution is -2.38.